The number of nitro groups is 1. The Kier molecular flexibility index (Phi) is 7.44. The fourth-order valence-corrected chi connectivity index (χ4v) is 3.84. The lowest BCUT2D eigenvalue weighted by Crippen LogP contribution is -2.34. The number of anilines is 1. The number of nitrogens with zero attached hydrogens (tertiary/aromatic N) is 2. The molecular formula is C21H28N2O6S. The van der Waals surface area contributed by atoms with Gasteiger partial charge in [-0.1, -0.05) is 51.1 Å². The summed E-state index contributed by atoms with van der Waals surface area (Å²) in [5.74, 6) is -0.0958. The molecule has 0 bridgehead atoms. The van der Waals surface area contributed by atoms with Gasteiger partial charge in [0.05, 0.1) is 38.0 Å². The Labute approximate surface area is 177 Å². The highest BCUT2D eigenvalue weighted by molar-refractivity contribution is 7.92. The number of benzene rings is 2. The van der Waals surface area contributed by atoms with Crippen molar-refractivity contribution in [3.05, 3.63) is 63.7 Å². The zero-order valence-electron chi connectivity index (χ0n) is 17.9. The molecule has 30 heavy (non-hydrogen) atoms. The summed E-state index contributed by atoms with van der Waals surface area (Å²) in [6.07, 6.45) is 1.05. The molecule has 0 amide bonds. The molecule has 0 aliphatic carbocycles. The van der Waals surface area contributed by atoms with Crippen LogP contribution in [0, 0.1) is 10.1 Å². The Morgan fingerprint density at radius 2 is 1.77 bits per heavy atom. The summed E-state index contributed by atoms with van der Waals surface area (Å²) in [6.45, 7) is 6.13. The molecule has 0 aliphatic heterocycles. The molecule has 0 saturated heterocycles. The SMILES string of the molecule is COc1c(N(CCOCc2ccccc2)S(C)(=O)=O)cc(C(C)(C)C)cc1[N+](=O)[O-]. The molecule has 0 N–H and O–H groups in total. The van der Waals surface area contributed by atoms with E-state index in [0.717, 1.165) is 16.1 Å². The van der Waals surface area contributed by atoms with Gasteiger partial charge in [0, 0.05) is 6.07 Å². The van der Waals surface area contributed by atoms with Crippen LogP contribution >= 0.6 is 0 Å². The van der Waals surface area contributed by atoms with E-state index >= 15 is 0 Å². The van der Waals surface area contributed by atoms with Gasteiger partial charge >= 0.3 is 5.69 Å². The molecule has 164 valence electrons. The predicted molar refractivity (Wildman–Crippen MR) is 117 cm³/mol. The van der Waals surface area contributed by atoms with E-state index in [4.69, 9.17) is 9.47 Å². The Morgan fingerprint density at radius 3 is 2.27 bits per heavy atom. The van der Waals surface area contributed by atoms with Gasteiger partial charge in [-0.3, -0.25) is 14.4 Å². The summed E-state index contributed by atoms with van der Waals surface area (Å²) in [5, 5.41) is 11.6. The molecule has 0 aliphatic rings. The summed E-state index contributed by atoms with van der Waals surface area (Å²) < 4.78 is 37.1. The molecule has 0 fully saturated rings. The van der Waals surface area contributed by atoms with Crippen LogP contribution in [0.4, 0.5) is 11.4 Å². The second-order valence-electron chi connectivity index (χ2n) is 7.93. The molecule has 0 heterocycles. The number of sulfonamides is 1. The minimum Gasteiger partial charge on any atom is -0.489 e. The van der Waals surface area contributed by atoms with Crippen molar-refractivity contribution < 1.29 is 22.8 Å². The molecule has 0 aromatic heterocycles. The minimum atomic E-state index is -3.75. The number of hydrogen-bond donors (Lipinski definition) is 0. The lowest BCUT2D eigenvalue weighted by atomic mass is 9.86. The van der Waals surface area contributed by atoms with Crippen molar-refractivity contribution in [2.24, 2.45) is 0 Å². The van der Waals surface area contributed by atoms with Crippen LogP contribution in [0.25, 0.3) is 0 Å². The second-order valence-corrected chi connectivity index (χ2v) is 9.83. The molecule has 2 aromatic carbocycles. The number of rotatable bonds is 9. The van der Waals surface area contributed by atoms with Crippen LogP contribution in [0.2, 0.25) is 0 Å². The smallest absolute Gasteiger partial charge is 0.313 e. The van der Waals surface area contributed by atoms with Crippen molar-refractivity contribution in [3.8, 4) is 5.75 Å². The van der Waals surface area contributed by atoms with Crippen molar-refractivity contribution in [1.29, 1.82) is 0 Å². The normalized spacial score (nSPS) is 11.9. The predicted octanol–water partition coefficient (Wildman–Crippen LogP) is 3.88. The van der Waals surface area contributed by atoms with Gasteiger partial charge in [-0.25, -0.2) is 8.42 Å². The van der Waals surface area contributed by atoms with Crippen LogP contribution in [-0.2, 0) is 26.8 Å². The van der Waals surface area contributed by atoms with Gasteiger partial charge in [-0.2, -0.15) is 0 Å². The van der Waals surface area contributed by atoms with E-state index in [1.165, 1.54) is 13.2 Å². The number of ether oxygens (including phenoxy) is 2. The van der Waals surface area contributed by atoms with E-state index in [-0.39, 0.29) is 30.3 Å². The van der Waals surface area contributed by atoms with E-state index in [1.807, 2.05) is 51.1 Å². The van der Waals surface area contributed by atoms with Gasteiger partial charge in [0.15, 0.2) is 0 Å². The van der Waals surface area contributed by atoms with Crippen LogP contribution in [0.5, 0.6) is 5.75 Å². The van der Waals surface area contributed by atoms with Crippen LogP contribution in [0.1, 0.15) is 31.9 Å². The highest BCUT2D eigenvalue weighted by Gasteiger charge is 2.30. The van der Waals surface area contributed by atoms with Gasteiger partial charge in [-0.15, -0.1) is 0 Å². The lowest BCUT2D eigenvalue weighted by molar-refractivity contribution is -0.385. The Bertz CT molecular complexity index is 985. The molecule has 0 radical (unpaired) electrons. The number of nitro benzene ring substituents is 1. The first-order valence-electron chi connectivity index (χ1n) is 9.41. The van der Waals surface area contributed by atoms with Gasteiger partial charge in [0.25, 0.3) is 0 Å². The minimum absolute atomic E-state index is 0.00717. The average molecular weight is 437 g/mol. The zero-order valence-corrected chi connectivity index (χ0v) is 18.7. The van der Waals surface area contributed by atoms with Crippen LogP contribution in [-0.4, -0.2) is 39.9 Å². The number of hydrogen-bond acceptors (Lipinski definition) is 6. The Morgan fingerprint density at radius 1 is 1.13 bits per heavy atom. The maximum absolute atomic E-state index is 12.6. The van der Waals surface area contributed by atoms with E-state index in [2.05, 4.69) is 0 Å². The number of methoxy groups -OCH3 is 1. The quantitative estimate of drug-likeness (QED) is 0.336. The summed E-state index contributed by atoms with van der Waals surface area (Å²) in [7, 11) is -2.46. The van der Waals surface area contributed by atoms with Crippen molar-refractivity contribution in [2.45, 2.75) is 32.8 Å². The molecule has 0 unspecified atom stereocenters. The highest BCUT2D eigenvalue weighted by atomic mass is 32.2. The maximum Gasteiger partial charge on any atom is 0.313 e. The van der Waals surface area contributed by atoms with E-state index < -0.39 is 20.4 Å². The summed E-state index contributed by atoms with van der Waals surface area (Å²) in [5.41, 5.74) is 1.01. The van der Waals surface area contributed by atoms with Gasteiger partial charge in [0.1, 0.15) is 5.69 Å². The van der Waals surface area contributed by atoms with Gasteiger partial charge < -0.3 is 9.47 Å². The average Bonchev–Trinajstić information content (AvgIpc) is 2.66. The van der Waals surface area contributed by atoms with Crippen molar-refractivity contribution >= 4 is 21.4 Å². The third-order valence-corrected chi connectivity index (χ3v) is 5.72. The van der Waals surface area contributed by atoms with Crippen LogP contribution < -0.4 is 9.04 Å². The van der Waals surface area contributed by atoms with E-state index in [0.29, 0.717) is 12.2 Å². The molecule has 9 heteroatoms. The zero-order chi connectivity index (χ0) is 22.5. The largest absolute Gasteiger partial charge is 0.489 e. The fraction of sp³-hybridized carbons (Fsp3) is 0.429. The van der Waals surface area contributed by atoms with Crippen LogP contribution in [0.3, 0.4) is 0 Å². The first-order valence-corrected chi connectivity index (χ1v) is 11.3. The Hall–Kier alpha value is -2.65. The van der Waals surface area contributed by atoms with Crippen molar-refractivity contribution in [1.82, 2.24) is 0 Å². The highest BCUT2D eigenvalue weighted by Crippen LogP contribution is 2.42. The molecule has 2 rings (SSSR count). The molecule has 2 aromatic rings. The summed E-state index contributed by atoms with van der Waals surface area (Å²) in [4.78, 5) is 11.1. The monoisotopic (exact) mass is 436 g/mol. The summed E-state index contributed by atoms with van der Waals surface area (Å²) in [6, 6.07) is 12.6. The fourth-order valence-electron chi connectivity index (χ4n) is 2.94. The lowest BCUT2D eigenvalue weighted by Gasteiger charge is -2.27. The molecular weight excluding hydrogens is 408 g/mol. The van der Waals surface area contributed by atoms with Crippen molar-refractivity contribution in [2.75, 3.05) is 30.8 Å². The van der Waals surface area contributed by atoms with Crippen LogP contribution in [0.15, 0.2) is 42.5 Å². The third kappa shape index (κ3) is 5.93. The van der Waals surface area contributed by atoms with Gasteiger partial charge in [0.2, 0.25) is 15.8 Å². The third-order valence-electron chi connectivity index (χ3n) is 4.54. The molecule has 8 nitrogen and oxygen atoms in total. The van der Waals surface area contributed by atoms with Gasteiger partial charge in [-0.05, 0) is 22.6 Å². The molecule has 0 spiro atoms. The maximum atomic E-state index is 12.6. The van der Waals surface area contributed by atoms with E-state index in [9.17, 15) is 18.5 Å². The standard InChI is InChI=1S/C21H28N2O6S/c1-21(2,3)17-13-18(20(28-4)19(14-17)23(24)25)22(30(5,26)27)11-12-29-15-16-9-7-6-8-10-16/h6-10,13-14H,11-12,15H2,1-5H3. The molecule has 0 atom stereocenters. The molecule has 0 saturated carbocycles. The summed E-state index contributed by atoms with van der Waals surface area (Å²) >= 11 is 0. The first-order chi connectivity index (χ1) is 13.9. The Balaban J connectivity index is 2.40. The topological polar surface area (TPSA) is 99.0 Å². The first kappa shape index (κ1) is 23.6. The van der Waals surface area contributed by atoms with Crippen molar-refractivity contribution in [3.63, 3.8) is 0 Å². The van der Waals surface area contributed by atoms with E-state index in [1.54, 1.807) is 6.07 Å². The second kappa shape index (κ2) is 9.44.